The molecule has 1 aliphatic rings. The highest BCUT2D eigenvalue weighted by Crippen LogP contribution is 2.31. The van der Waals surface area contributed by atoms with Crippen LogP contribution in [0.4, 0.5) is 0 Å². The van der Waals surface area contributed by atoms with Crippen LogP contribution in [-0.4, -0.2) is 0 Å². The Bertz CT molecular complexity index is 302. The van der Waals surface area contributed by atoms with E-state index in [9.17, 15) is 5.26 Å². The molecule has 0 aliphatic heterocycles. The van der Waals surface area contributed by atoms with Gasteiger partial charge in [0.2, 0.25) is 0 Å². The smallest absolute Gasteiger partial charge is 0.0655 e. The van der Waals surface area contributed by atoms with Gasteiger partial charge in [0.1, 0.15) is 0 Å². The molecular weight excluding hydrogens is 266 g/mol. The maximum atomic E-state index is 9.29. The van der Waals surface area contributed by atoms with Gasteiger partial charge in [-0.15, -0.1) is 0 Å². The summed E-state index contributed by atoms with van der Waals surface area (Å²) in [5.74, 6) is 3.02. The van der Waals surface area contributed by atoms with Gasteiger partial charge < -0.3 is 0 Å². The first-order chi connectivity index (χ1) is 10.7. The van der Waals surface area contributed by atoms with Crippen molar-refractivity contribution in [3.63, 3.8) is 0 Å². The molecule has 3 atom stereocenters. The Hall–Kier alpha value is -0.510. The lowest BCUT2D eigenvalue weighted by atomic mass is 9.80. The Morgan fingerprint density at radius 3 is 2.00 bits per heavy atom. The van der Waals surface area contributed by atoms with Crippen LogP contribution in [0, 0.1) is 35.0 Å². The molecule has 0 saturated heterocycles. The van der Waals surface area contributed by atoms with Crippen LogP contribution < -0.4 is 0 Å². The zero-order valence-corrected chi connectivity index (χ0v) is 15.4. The molecule has 0 heterocycles. The van der Waals surface area contributed by atoms with Gasteiger partial charge in [-0.1, -0.05) is 85.0 Å². The largest absolute Gasteiger partial charge is 0.198 e. The molecule has 0 amide bonds. The minimum absolute atomic E-state index is 0.327. The SMILES string of the molecule is CCC1CCCCC(C#N)CCCCCCCC(C(C)C)C1. The summed E-state index contributed by atoms with van der Waals surface area (Å²) in [4.78, 5) is 0. The minimum atomic E-state index is 0.327. The van der Waals surface area contributed by atoms with Crippen molar-refractivity contribution in [3.05, 3.63) is 0 Å². The highest BCUT2D eigenvalue weighted by Gasteiger charge is 2.18. The molecule has 1 heteroatoms. The first-order valence-corrected chi connectivity index (χ1v) is 10.1. The maximum Gasteiger partial charge on any atom is 0.0655 e. The van der Waals surface area contributed by atoms with E-state index >= 15 is 0 Å². The Morgan fingerprint density at radius 2 is 1.41 bits per heavy atom. The summed E-state index contributed by atoms with van der Waals surface area (Å²) >= 11 is 0. The summed E-state index contributed by atoms with van der Waals surface area (Å²) in [6, 6.07) is 2.54. The zero-order valence-electron chi connectivity index (χ0n) is 15.4. The lowest BCUT2D eigenvalue weighted by Gasteiger charge is -2.26. The van der Waals surface area contributed by atoms with E-state index in [-0.39, 0.29) is 0 Å². The van der Waals surface area contributed by atoms with Crippen molar-refractivity contribution in [2.45, 2.75) is 104 Å². The summed E-state index contributed by atoms with van der Waals surface area (Å²) in [5.41, 5.74) is 0. The van der Waals surface area contributed by atoms with Crippen molar-refractivity contribution in [2.75, 3.05) is 0 Å². The molecule has 3 unspecified atom stereocenters. The highest BCUT2D eigenvalue weighted by atomic mass is 14.3. The molecule has 0 radical (unpaired) electrons. The predicted octanol–water partition coefficient (Wildman–Crippen LogP) is 7.12. The Labute approximate surface area is 139 Å². The molecule has 0 spiro atoms. The molecule has 1 saturated carbocycles. The van der Waals surface area contributed by atoms with Crippen molar-refractivity contribution >= 4 is 0 Å². The summed E-state index contributed by atoms with van der Waals surface area (Å²) in [5, 5.41) is 9.29. The van der Waals surface area contributed by atoms with Gasteiger partial charge in [-0.3, -0.25) is 0 Å². The van der Waals surface area contributed by atoms with Crippen LogP contribution >= 0.6 is 0 Å². The van der Waals surface area contributed by atoms with Crippen LogP contribution in [0.2, 0.25) is 0 Å². The molecule has 0 N–H and O–H groups in total. The fourth-order valence-electron chi connectivity index (χ4n) is 4.06. The van der Waals surface area contributed by atoms with Crippen LogP contribution in [-0.2, 0) is 0 Å². The number of rotatable bonds is 2. The van der Waals surface area contributed by atoms with Crippen LogP contribution in [0.15, 0.2) is 0 Å². The lowest BCUT2D eigenvalue weighted by molar-refractivity contribution is 0.256. The molecule has 128 valence electrons. The van der Waals surface area contributed by atoms with Gasteiger partial charge in [0.15, 0.2) is 0 Å². The molecule has 0 aromatic rings. The Balaban J connectivity index is 2.53. The topological polar surface area (TPSA) is 23.8 Å². The van der Waals surface area contributed by atoms with Crippen molar-refractivity contribution in [1.82, 2.24) is 0 Å². The maximum absolute atomic E-state index is 9.29. The minimum Gasteiger partial charge on any atom is -0.198 e. The molecule has 1 rings (SSSR count). The standard InChI is InChI=1S/C21H39N/c1-4-19-12-10-11-14-20(17-22)13-8-6-5-7-9-15-21(16-19)18(2)3/h18-21H,4-16H2,1-3H3. The zero-order chi connectivity index (χ0) is 16.2. The van der Waals surface area contributed by atoms with E-state index in [4.69, 9.17) is 0 Å². The van der Waals surface area contributed by atoms with Gasteiger partial charge in [0.05, 0.1) is 6.07 Å². The number of nitrogens with zero attached hydrogens (tertiary/aromatic N) is 1. The third kappa shape index (κ3) is 8.21. The van der Waals surface area contributed by atoms with Gasteiger partial charge in [-0.2, -0.15) is 5.26 Å². The second-order valence-electron chi connectivity index (χ2n) is 7.97. The number of hydrogen-bond donors (Lipinski definition) is 0. The molecular formula is C21H39N. The molecule has 0 aromatic carbocycles. The molecule has 22 heavy (non-hydrogen) atoms. The van der Waals surface area contributed by atoms with E-state index in [1.54, 1.807) is 0 Å². The van der Waals surface area contributed by atoms with Crippen molar-refractivity contribution in [1.29, 1.82) is 5.26 Å². The van der Waals surface area contributed by atoms with Crippen LogP contribution in [0.1, 0.15) is 104 Å². The quantitative estimate of drug-likeness (QED) is 0.532. The van der Waals surface area contributed by atoms with E-state index in [2.05, 4.69) is 26.8 Å². The third-order valence-corrected chi connectivity index (χ3v) is 5.88. The Kier molecular flexibility index (Phi) is 10.6. The third-order valence-electron chi connectivity index (χ3n) is 5.88. The van der Waals surface area contributed by atoms with E-state index in [0.29, 0.717) is 5.92 Å². The summed E-state index contributed by atoms with van der Waals surface area (Å²) in [7, 11) is 0. The predicted molar refractivity (Wildman–Crippen MR) is 96.6 cm³/mol. The van der Waals surface area contributed by atoms with E-state index in [1.165, 1.54) is 70.6 Å². The normalized spacial score (nSPS) is 30.2. The summed E-state index contributed by atoms with van der Waals surface area (Å²) in [6.45, 7) is 7.21. The van der Waals surface area contributed by atoms with E-state index < -0.39 is 0 Å². The van der Waals surface area contributed by atoms with Gasteiger partial charge in [-0.25, -0.2) is 0 Å². The van der Waals surface area contributed by atoms with Crippen LogP contribution in [0.3, 0.4) is 0 Å². The molecule has 1 nitrogen and oxygen atoms in total. The monoisotopic (exact) mass is 305 g/mol. The molecule has 0 aromatic heterocycles. The fraction of sp³-hybridized carbons (Fsp3) is 0.952. The van der Waals surface area contributed by atoms with Crippen molar-refractivity contribution < 1.29 is 0 Å². The molecule has 1 fully saturated rings. The van der Waals surface area contributed by atoms with E-state index in [1.807, 2.05) is 0 Å². The second kappa shape index (κ2) is 12.0. The van der Waals surface area contributed by atoms with Gasteiger partial charge >= 0.3 is 0 Å². The second-order valence-corrected chi connectivity index (χ2v) is 7.97. The average molecular weight is 306 g/mol. The van der Waals surface area contributed by atoms with Crippen molar-refractivity contribution in [2.24, 2.45) is 23.7 Å². The molecule has 1 aliphatic carbocycles. The number of nitriles is 1. The van der Waals surface area contributed by atoms with Crippen LogP contribution in [0.5, 0.6) is 0 Å². The first kappa shape index (κ1) is 19.5. The van der Waals surface area contributed by atoms with Gasteiger partial charge in [0, 0.05) is 5.92 Å². The van der Waals surface area contributed by atoms with Gasteiger partial charge in [-0.05, 0) is 37.0 Å². The first-order valence-electron chi connectivity index (χ1n) is 10.1. The van der Waals surface area contributed by atoms with Crippen LogP contribution in [0.25, 0.3) is 0 Å². The molecule has 0 bridgehead atoms. The highest BCUT2D eigenvalue weighted by molar-refractivity contribution is 4.82. The fourth-order valence-corrected chi connectivity index (χ4v) is 4.06. The average Bonchev–Trinajstić information content (AvgIpc) is 2.52. The summed E-state index contributed by atoms with van der Waals surface area (Å²) in [6.07, 6.45) is 17.3. The Morgan fingerprint density at radius 1 is 0.864 bits per heavy atom. The van der Waals surface area contributed by atoms with Crippen molar-refractivity contribution in [3.8, 4) is 6.07 Å². The van der Waals surface area contributed by atoms with E-state index in [0.717, 1.165) is 30.6 Å². The summed E-state index contributed by atoms with van der Waals surface area (Å²) < 4.78 is 0. The lowest BCUT2D eigenvalue weighted by Crippen LogP contribution is -2.14. The number of hydrogen-bond acceptors (Lipinski definition) is 1. The van der Waals surface area contributed by atoms with Gasteiger partial charge in [0.25, 0.3) is 0 Å².